The monoisotopic (exact) mass is 436 g/mol. The SMILES string of the molecule is CCOC(=O)C1CCN(c2nc(Oc3ccc(-c4ccc[nH]4)cc3)ccc2[N+](=O)[O-])CC1. The third-order valence-corrected chi connectivity index (χ3v) is 5.43. The lowest BCUT2D eigenvalue weighted by molar-refractivity contribution is -0.384. The van der Waals surface area contributed by atoms with Gasteiger partial charge in [-0.25, -0.2) is 0 Å². The number of nitrogens with one attached hydrogen (secondary N) is 1. The Hall–Kier alpha value is -3.88. The largest absolute Gasteiger partial charge is 0.466 e. The number of nitro groups is 1. The van der Waals surface area contributed by atoms with Crippen LogP contribution in [0.2, 0.25) is 0 Å². The number of hydrogen-bond donors (Lipinski definition) is 1. The maximum atomic E-state index is 12.0. The van der Waals surface area contributed by atoms with E-state index in [1.54, 1.807) is 6.92 Å². The predicted octanol–water partition coefficient (Wildman–Crippen LogP) is 4.56. The fourth-order valence-electron chi connectivity index (χ4n) is 3.78. The summed E-state index contributed by atoms with van der Waals surface area (Å²) in [5.74, 6) is 0.689. The molecule has 0 spiro atoms. The van der Waals surface area contributed by atoms with Gasteiger partial charge in [0.2, 0.25) is 11.7 Å². The minimum Gasteiger partial charge on any atom is -0.466 e. The Morgan fingerprint density at radius 1 is 1.19 bits per heavy atom. The van der Waals surface area contributed by atoms with Crippen LogP contribution in [0.4, 0.5) is 11.5 Å². The van der Waals surface area contributed by atoms with E-state index < -0.39 is 4.92 Å². The summed E-state index contributed by atoms with van der Waals surface area (Å²) < 4.78 is 11.0. The van der Waals surface area contributed by atoms with Gasteiger partial charge in [-0.15, -0.1) is 0 Å². The van der Waals surface area contributed by atoms with E-state index in [0.29, 0.717) is 38.3 Å². The van der Waals surface area contributed by atoms with E-state index in [-0.39, 0.29) is 29.3 Å². The molecular weight excluding hydrogens is 412 g/mol. The molecule has 1 N–H and O–H groups in total. The molecule has 0 aliphatic carbocycles. The van der Waals surface area contributed by atoms with Gasteiger partial charge in [-0.2, -0.15) is 4.98 Å². The standard InChI is InChI=1S/C23H24N4O5/c1-2-31-23(28)17-11-14-26(15-12-17)22-20(27(29)30)9-10-21(25-22)32-18-7-5-16(6-8-18)19-4-3-13-24-19/h3-10,13,17,24H,2,11-12,14-15H2,1H3. The summed E-state index contributed by atoms with van der Waals surface area (Å²) in [5.41, 5.74) is 1.93. The van der Waals surface area contributed by atoms with Crippen molar-refractivity contribution in [3.63, 3.8) is 0 Å². The molecule has 1 saturated heterocycles. The Morgan fingerprint density at radius 3 is 2.56 bits per heavy atom. The summed E-state index contributed by atoms with van der Waals surface area (Å²) in [6.45, 7) is 3.08. The molecule has 9 nitrogen and oxygen atoms in total. The number of benzene rings is 1. The third-order valence-electron chi connectivity index (χ3n) is 5.43. The number of hydrogen-bond acceptors (Lipinski definition) is 7. The molecule has 0 bridgehead atoms. The average Bonchev–Trinajstić information content (AvgIpc) is 3.35. The summed E-state index contributed by atoms with van der Waals surface area (Å²) in [6.07, 6.45) is 2.98. The minimum atomic E-state index is -0.450. The first kappa shape index (κ1) is 21.4. The van der Waals surface area contributed by atoms with E-state index in [0.717, 1.165) is 11.3 Å². The van der Waals surface area contributed by atoms with Gasteiger partial charge in [-0.05, 0) is 61.7 Å². The van der Waals surface area contributed by atoms with Crippen LogP contribution in [0.5, 0.6) is 11.6 Å². The van der Waals surface area contributed by atoms with Gasteiger partial charge in [0, 0.05) is 37.1 Å². The van der Waals surface area contributed by atoms with Crippen LogP contribution in [0.3, 0.4) is 0 Å². The number of piperidine rings is 1. The smallest absolute Gasteiger partial charge is 0.311 e. The highest BCUT2D eigenvalue weighted by molar-refractivity contribution is 5.73. The molecule has 0 unspecified atom stereocenters. The first-order chi connectivity index (χ1) is 15.5. The highest BCUT2D eigenvalue weighted by Crippen LogP contribution is 2.33. The van der Waals surface area contributed by atoms with Crippen LogP contribution in [0.1, 0.15) is 19.8 Å². The molecule has 2 aromatic heterocycles. The Bertz CT molecular complexity index is 1070. The second-order valence-electron chi connectivity index (χ2n) is 7.47. The molecular formula is C23H24N4O5. The predicted molar refractivity (Wildman–Crippen MR) is 119 cm³/mol. The molecule has 1 aliphatic rings. The first-order valence-corrected chi connectivity index (χ1v) is 10.5. The number of aromatic amines is 1. The maximum absolute atomic E-state index is 12.0. The summed E-state index contributed by atoms with van der Waals surface area (Å²) in [7, 11) is 0. The second-order valence-corrected chi connectivity index (χ2v) is 7.47. The number of carbonyl (C=O) groups is 1. The maximum Gasteiger partial charge on any atom is 0.311 e. The van der Waals surface area contributed by atoms with Gasteiger partial charge in [-0.1, -0.05) is 0 Å². The second kappa shape index (κ2) is 9.51. The fraction of sp³-hybridized carbons (Fsp3) is 0.304. The average molecular weight is 436 g/mol. The van der Waals surface area contributed by atoms with Gasteiger partial charge in [0.25, 0.3) is 0 Å². The first-order valence-electron chi connectivity index (χ1n) is 10.5. The molecule has 0 saturated carbocycles. The zero-order chi connectivity index (χ0) is 22.5. The number of aromatic nitrogens is 2. The number of H-pyrrole nitrogens is 1. The molecule has 0 amide bonds. The number of rotatable bonds is 7. The zero-order valence-corrected chi connectivity index (χ0v) is 17.7. The Balaban J connectivity index is 1.50. The van der Waals surface area contributed by atoms with E-state index >= 15 is 0 Å². The van der Waals surface area contributed by atoms with Crippen molar-refractivity contribution in [3.8, 4) is 22.9 Å². The molecule has 1 fully saturated rings. The van der Waals surface area contributed by atoms with E-state index in [2.05, 4.69) is 9.97 Å². The summed E-state index contributed by atoms with van der Waals surface area (Å²) >= 11 is 0. The normalized spacial score (nSPS) is 14.2. The van der Waals surface area contributed by atoms with Crippen molar-refractivity contribution < 1.29 is 19.2 Å². The van der Waals surface area contributed by atoms with Gasteiger partial charge in [-0.3, -0.25) is 14.9 Å². The lowest BCUT2D eigenvalue weighted by atomic mass is 9.97. The van der Waals surface area contributed by atoms with E-state index in [9.17, 15) is 14.9 Å². The van der Waals surface area contributed by atoms with Gasteiger partial charge < -0.3 is 19.4 Å². The van der Waals surface area contributed by atoms with Crippen LogP contribution in [-0.4, -0.2) is 40.6 Å². The minimum absolute atomic E-state index is 0.0889. The highest BCUT2D eigenvalue weighted by atomic mass is 16.6. The Labute approximate surface area is 185 Å². The van der Waals surface area contributed by atoms with Crippen LogP contribution in [0, 0.1) is 16.0 Å². The van der Waals surface area contributed by atoms with E-state index in [1.165, 1.54) is 12.1 Å². The third kappa shape index (κ3) is 4.72. The number of anilines is 1. The Kier molecular flexibility index (Phi) is 6.34. The Morgan fingerprint density at radius 2 is 1.94 bits per heavy atom. The zero-order valence-electron chi connectivity index (χ0n) is 17.7. The van der Waals surface area contributed by atoms with Gasteiger partial charge >= 0.3 is 11.7 Å². The molecule has 1 aliphatic heterocycles. The van der Waals surface area contributed by atoms with Crippen molar-refractivity contribution in [1.29, 1.82) is 0 Å². The summed E-state index contributed by atoms with van der Waals surface area (Å²) in [5, 5.41) is 11.6. The van der Waals surface area contributed by atoms with Gasteiger partial charge in [0.05, 0.1) is 17.4 Å². The van der Waals surface area contributed by atoms with Crippen molar-refractivity contribution in [3.05, 3.63) is 64.8 Å². The fourth-order valence-corrected chi connectivity index (χ4v) is 3.78. The highest BCUT2D eigenvalue weighted by Gasteiger charge is 2.30. The van der Waals surface area contributed by atoms with E-state index in [4.69, 9.17) is 9.47 Å². The molecule has 3 aromatic rings. The lowest BCUT2D eigenvalue weighted by Gasteiger charge is -2.31. The van der Waals surface area contributed by atoms with Crippen molar-refractivity contribution in [2.75, 3.05) is 24.6 Å². The number of ether oxygens (including phenoxy) is 2. The number of carbonyl (C=O) groups excluding carboxylic acids is 1. The lowest BCUT2D eigenvalue weighted by Crippen LogP contribution is -2.37. The van der Waals surface area contributed by atoms with Crippen LogP contribution in [-0.2, 0) is 9.53 Å². The van der Waals surface area contributed by atoms with Crippen LogP contribution in [0.15, 0.2) is 54.7 Å². The van der Waals surface area contributed by atoms with E-state index in [1.807, 2.05) is 47.5 Å². The molecule has 166 valence electrons. The van der Waals surface area contributed by atoms with Crippen molar-refractivity contribution >= 4 is 17.5 Å². The van der Waals surface area contributed by atoms with Gasteiger partial charge in [0.15, 0.2) is 0 Å². The molecule has 1 aromatic carbocycles. The summed E-state index contributed by atoms with van der Waals surface area (Å²) in [6, 6.07) is 14.3. The molecule has 9 heteroatoms. The summed E-state index contributed by atoms with van der Waals surface area (Å²) in [4.78, 5) is 32.5. The number of nitrogens with zero attached hydrogens (tertiary/aromatic N) is 3. The number of pyridine rings is 1. The topological polar surface area (TPSA) is 111 Å². The molecule has 4 rings (SSSR count). The van der Waals surface area contributed by atoms with Crippen molar-refractivity contribution in [2.45, 2.75) is 19.8 Å². The number of esters is 1. The molecule has 0 radical (unpaired) electrons. The molecule has 32 heavy (non-hydrogen) atoms. The van der Waals surface area contributed by atoms with Crippen molar-refractivity contribution in [2.24, 2.45) is 5.92 Å². The van der Waals surface area contributed by atoms with Crippen molar-refractivity contribution in [1.82, 2.24) is 9.97 Å². The van der Waals surface area contributed by atoms with Crippen LogP contribution < -0.4 is 9.64 Å². The molecule has 3 heterocycles. The van der Waals surface area contributed by atoms with Crippen LogP contribution in [0.25, 0.3) is 11.3 Å². The van der Waals surface area contributed by atoms with Crippen LogP contribution >= 0.6 is 0 Å². The quantitative estimate of drug-likeness (QED) is 0.328. The van der Waals surface area contributed by atoms with Gasteiger partial charge in [0.1, 0.15) is 5.75 Å². The molecule has 0 atom stereocenters.